The summed E-state index contributed by atoms with van der Waals surface area (Å²) in [6, 6.07) is 24.7. The summed E-state index contributed by atoms with van der Waals surface area (Å²) in [7, 11) is 0. The standard InChI is InChI=1S/C39H46N6O4/c1-6-49-36(46)28-10-8-12-30(23-28)41-38(48)44-32-17-18-33(44)22-27(21-32)19-26-9-7-11-29(20-26)40-37(47)42-35-24-34(39(3,4)5)43-45(35)31-15-13-25(2)14-16-31/h7-16,20,23-24,27,32-33H,6,17-19,21-22H2,1-5H3,(H,41,48)(H2,40,42,47). The summed E-state index contributed by atoms with van der Waals surface area (Å²) < 4.78 is 6.88. The molecule has 256 valence electrons. The van der Waals surface area contributed by atoms with Gasteiger partial charge in [0.1, 0.15) is 5.82 Å². The third-order valence-corrected chi connectivity index (χ3v) is 9.40. The second kappa shape index (κ2) is 14.2. The monoisotopic (exact) mass is 662 g/mol. The maximum Gasteiger partial charge on any atom is 0.338 e. The number of benzene rings is 3. The molecule has 2 unspecified atom stereocenters. The molecule has 2 bridgehead atoms. The van der Waals surface area contributed by atoms with Gasteiger partial charge in [0.05, 0.1) is 23.6 Å². The van der Waals surface area contributed by atoms with Gasteiger partial charge in [-0.25, -0.2) is 19.1 Å². The summed E-state index contributed by atoms with van der Waals surface area (Å²) in [6.45, 7) is 10.4. The molecule has 2 aliphatic heterocycles. The smallest absolute Gasteiger partial charge is 0.338 e. The highest BCUT2D eigenvalue weighted by molar-refractivity contribution is 5.99. The Morgan fingerprint density at radius 1 is 0.857 bits per heavy atom. The maximum absolute atomic E-state index is 13.4. The van der Waals surface area contributed by atoms with Gasteiger partial charge in [-0.1, -0.05) is 56.7 Å². The molecule has 1 aromatic heterocycles. The molecule has 10 heteroatoms. The van der Waals surface area contributed by atoms with E-state index >= 15 is 0 Å². The summed E-state index contributed by atoms with van der Waals surface area (Å²) in [6.07, 6.45) is 4.68. The molecule has 0 aliphatic carbocycles. The molecular formula is C39H46N6O4. The van der Waals surface area contributed by atoms with Crippen molar-refractivity contribution in [2.24, 2.45) is 5.92 Å². The summed E-state index contributed by atoms with van der Waals surface area (Å²) in [5.41, 5.74) is 5.59. The van der Waals surface area contributed by atoms with Crippen LogP contribution in [0, 0.1) is 12.8 Å². The fraction of sp³-hybridized carbons (Fsp3) is 0.385. The number of nitrogens with zero attached hydrogens (tertiary/aromatic N) is 3. The molecule has 10 nitrogen and oxygen atoms in total. The molecule has 0 spiro atoms. The van der Waals surface area contributed by atoms with Gasteiger partial charge in [-0.15, -0.1) is 0 Å². The quantitative estimate of drug-likeness (QED) is 0.164. The highest BCUT2D eigenvalue weighted by Gasteiger charge is 2.43. The minimum absolute atomic E-state index is 0.123. The molecule has 2 fully saturated rings. The van der Waals surface area contributed by atoms with Crippen LogP contribution in [0.2, 0.25) is 0 Å². The minimum Gasteiger partial charge on any atom is -0.462 e. The van der Waals surface area contributed by atoms with Crippen LogP contribution in [0.4, 0.5) is 26.8 Å². The van der Waals surface area contributed by atoms with Gasteiger partial charge in [0, 0.05) is 34.9 Å². The van der Waals surface area contributed by atoms with Crippen molar-refractivity contribution in [2.75, 3.05) is 22.6 Å². The van der Waals surface area contributed by atoms with Crippen LogP contribution in [0.25, 0.3) is 5.69 Å². The van der Waals surface area contributed by atoms with Gasteiger partial charge in [0.15, 0.2) is 0 Å². The second-order valence-corrected chi connectivity index (χ2v) is 14.3. The molecular weight excluding hydrogens is 616 g/mol. The largest absolute Gasteiger partial charge is 0.462 e. The van der Waals surface area contributed by atoms with Gasteiger partial charge in [0.25, 0.3) is 0 Å². The van der Waals surface area contributed by atoms with Crippen molar-refractivity contribution in [3.05, 3.63) is 101 Å². The van der Waals surface area contributed by atoms with Crippen LogP contribution in [0.3, 0.4) is 0 Å². The molecule has 3 heterocycles. The van der Waals surface area contributed by atoms with E-state index in [0.29, 0.717) is 29.6 Å². The van der Waals surface area contributed by atoms with Crippen LogP contribution in [0.15, 0.2) is 78.9 Å². The number of carbonyl (C=O) groups excluding carboxylic acids is 3. The number of piperidine rings is 1. The van der Waals surface area contributed by atoms with E-state index in [4.69, 9.17) is 9.84 Å². The Kier molecular flexibility index (Phi) is 9.76. The molecule has 4 amide bonds. The zero-order chi connectivity index (χ0) is 34.7. The number of esters is 1. The van der Waals surface area contributed by atoms with Crippen LogP contribution >= 0.6 is 0 Å². The van der Waals surface area contributed by atoms with Crippen molar-refractivity contribution < 1.29 is 19.1 Å². The lowest BCUT2D eigenvalue weighted by Crippen LogP contribution is -2.48. The van der Waals surface area contributed by atoms with Crippen molar-refractivity contribution in [3.8, 4) is 5.69 Å². The Labute approximate surface area is 288 Å². The maximum atomic E-state index is 13.4. The number of aromatic nitrogens is 2. The first-order valence-corrected chi connectivity index (χ1v) is 17.2. The number of hydrogen-bond acceptors (Lipinski definition) is 5. The number of rotatable bonds is 8. The van der Waals surface area contributed by atoms with Gasteiger partial charge in [-0.05, 0) is 99.9 Å². The van der Waals surface area contributed by atoms with Crippen LogP contribution < -0.4 is 16.0 Å². The van der Waals surface area contributed by atoms with Crippen molar-refractivity contribution in [1.29, 1.82) is 0 Å². The first-order chi connectivity index (χ1) is 23.5. The van der Waals surface area contributed by atoms with E-state index in [1.54, 1.807) is 35.9 Å². The van der Waals surface area contributed by atoms with Crippen molar-refractivity contribution in [2.45, 2.75) is 84.2 Å². The Balaban J connectivity index is 1.07. The van der Waals surface area contributed by atoms with E-state index in [1.807, 2.05) is 60.4 Å². The Morgan fingerprint density at radius 2 is 1.53 bits per heavy atom. The summed E-state index contributed by atoms with van der Waals surface area (Å²) in [4.78, 5) is 40.8. The van der Waals surface area contributed by atoms with E-state index in [9.17, 15) is 14.4 Å². The second-order valence-electron chi connectivity index (χ2n) is 14.3. The van der Waals surface area contributed by atoms with Crippen molar-refractivity contribution in [1.82, 2.24) is 14.7 Å². The number of hydrogen-bond donors (Lipinski definition) is 3. The predicted molar refractivity (Wildman–Crippen MR) is 193 cm³/mol. The molecule has 3 aromatic carbocycles. The number of ether oxygens (including phenoxy) is 1. The predicted octanol–water partition coefficient (Wildman–Crippen LogP) is 8.32. The third-order valence-electron chi connectivity index (χ3n) is 9.40. The topological polar surface area (TPSA) is 118 Å². The van der Waals surface area contributed by atoms with Crippen LogP contribution in [0.5, 0.6) is 0 Å². The lowest BCUT2D eigenvalue weighted by Gasteiger charge is -2.39. The van der Waals surface area contributed by atoms with Crippen LogP contribution in [-0.4, -0.2) is 51.4 Å². The number of fused-ring (bicyclic) bond motifs is 2. The number of anilines is 3. The summed E-state index contributed by atoms with van der Waals surface area (Å²) in [5, 5.41) is 13.9. The molecule has 2 saturated heterocycles. The first-order valence-electron chi connectivity index (χ1n) is 17.2. The fourth-order valence-electron chi connectivity index (χ4n) is 7.02. The van der Waals surface area contributed by atoms with Gasteiger partial charge in [0.2, 0.25) is 0 Å². The SMILES string of the molecule is CCOC(=O)c1cccc(NC(=O)N2C3CCC2CC(Cc2cccc(NC(=O)Nc4cc(C(C)(C)C)nn4-c4ccc(C)cc4)c2)C3)c1. The zero-order valence-electron chi connectivity index (χ0n) is 29.0. The van der Waals surface area contributed by atoms with Crippen LogP contribution in [-0.2, 0) is 16.6 Å². The Bertz CT molecular complexity index is 1810. The normalized spacial score (nSPS) is 18.6. The van der Waals surface area contributed by atoms with Gasteiger partial charge >= 0.3 is 18.0 Å². The van der Waals surface area contributed by atoms with E-state index in [2.05, 4.69) is 42.8 Å². The molecule has 0 saturated carbocycles. The van der Waals surface area contributed by atoms with E-state index < -0.39 is 5.97 Å². The summed E-state index contributed by atoms with van der Waals surface area (Å²) >= 11 is 0. The Hall–Kier alpha value is -5.12. The molecule has 2 atom stereocenters. The lowest BCUT2D eigenvalue weighted by molar-refractivity contribution is 0.0526. The lowest BCUT2D eigenvalue weighted by atomic mass is 9.86. The minimum atomic E-state index is -0.403. The highest BCUT2D eigenvalue weighted by atomic mass is 16.5. The van der Waals surface area contributed by atoms with Crippen molar-refractivity contribution >= 4 is 35.2 Å². The molecule has 3 N–H and O–H groups in total. The van der Waals surface area contributed by atoms with Crippen molar-refractivity contribution in [3.63, 3.8) is 0 Å². The summed E-state index contributed by atoms with van der Waals surface area (Å²) in [5.74, 6) is 0.623. The number of carbonyl (C=O) groups is 3. The Morgan fingerprint density at radius 3 is 2.20 bits per heavy atom. The zero-order valence-corrected chi connectivity index (χ0v) is 29.0. The van der Waals surface area contributed by atoms with Gasteiger partial charge < -0.3 is 20.3 Å². The molecule has 2 aliphatic rings. The van der Waals surface area contributed by atoms with E-state index in [0.717, 1.165) is 60.3 Å². The van der Waals surface area contributed by atoms with Crippen LogP contribution in [0.1, 0.15) is 80.6 Å². The number of nitrogens with one attached hydrogen (secondary N) is 3. The number of urea groups is 2. The first kappa shape index (κ1) is 33.8. The van der Waals surface area contributed by atoms with Gasteiger partial charge in [-0.2, -0.15) is 5.10 Å². The number of amides is 4. The molecule has 0 radical (unpaired) electrons. The average Bonchev–Trinajstić information content (AvgIpc) is 3.60. The average molecular weight is 663 g/mol. The fourth-order valence-corrected chi connectivity index (χ4v) is 7.02. The van der Waals surface area contributed by atoms with Gasteiger partial charge in [-0.3, -0.25) is 5.32 Å². The third kappa shape index (κ3) is 7.96. The number of aryl methyl sites for hydroxylation is 1. The highest BCUT2D eigenvalue weighted by Crippen LogP contribution is 2.40. The van der Waals surface area contributed by atoms with E-state index in [1.165, 1.54) is 0 Å². The molecule has 49 heavy (non-hydrogen) atoms. The molecule has 4 aromatic rings. The van der Waals surface area contributed by atoms with E-state index in [-0.39, 0.29) is 29.6 Å². The molecule has 6 rings (SSSR count).